The summed E-state index contributed by atoms with van der Waals surface area (Å²) in [7, 11) is 0. The number of thioether (sulfide) groups is 1. The van der Waals surface area contributed by atoms with Crippen molar-refractivity contribution in [3.63, 3.8) is 0 Å². The van der Waals surface area contributed by atoms with Gasteiger partial charge in [0.15, 0.2) is 0 Å². The smallest absolute Gasteiger partial charge is 0.289 e. The van der Waals surface area contributed by atoms with Crippen LogP contribution in [0.25, 0.3) is 10.2 Å². The Balaban J connectivity index is 2.28. The monoisotopic (exact) mass is 291 g/mol. The fraction of sp³-hybridized carbons (Fsp3) is 0.273. The molecule has 1 aromatic heterocycles. The van der Waals surface area contributed by atoms with Gasteiger partial charge < -0.3 is 0 Å². The van der Waals surface area contributed by atoms with Gasteiger partial charge in [-0.3, -0.25) is 4.79 Å². The number of hydrogen-bond acceptors (Lipinski definition) is 4. The predicted octanol–water partition coefficient (Wildman–Crippen LogP) is 3.69. The van der Waals surface area contributed by atoms with Gasteiger partial charge in [-0.25, -0.2) is 4.98 Å². The number of aromatic nitrogens is 1. The van der Waals surface area contributed by atoms with Crippen molar-refractivity contribution in [3.05, 3.63) is 23.2 Å². The zero-order valence-corrected chi connectivity index (χ0v) is 10.9. The van der Waals surface area contributed by atoms with Crippen molar-refractivity contribution < 1.29 is 18.0 Å². The highest BCUT2D eigenvalue weighted by molar-refractivity contribution is 7.98. The fourth-order valence-corrected chi connectivity index (χ4v) is 2.91. The third-order valence-corrected chi connectivity index (χ3v) is 4.01. The van der Waals surface area contributed by atoms with Crippen molar-refractivity contribution in [2.75, 3.05) is 6.26 Å². The summed E-state index contributed by atoms with van der Waals surface area (Å²) in [6.45, 7) is 0. The number of carbonyl (C=O) groups excluding carboxylic acids is 1. The molecule has 1 aromatic carbocycles. The highest BCUT2D eigenvalue weighted by Gasteiger charge is 2.38. The molecule has 96 valence electrons. The van der Waals surface area contributed by atoms with Gasteiger partial charge in [0.25, 0.3) is 0 Å². The number of hydrogen-bond donors (Lipinski definition) is 0. The van der Waals surface area contributed by atoms with Crippen molar-refractivity contribution in [2.24, 2.45) is 0 Å². The van der Waals surface area contributed by atoms with Crippen LogP contribution in [0.5, 0.6) is 0 Å². The van der Waals surface area contributed by atoms with E-state index in [2.05, 4.69) is 4.98 Å². The number of carbonyl (C=O) groups is 1. The van der Waals surface area contributed by atoms with Crippen LogP contribution in [0.4, 0.5) is 13.2 Å². The number of thiazole rings is 1. The maximum Gasteiger partial charge on any atom is 0.450 e. The lowest BCUT2D eigenvalue weighted by atomic mass is 10.3. The molecule has 0 saturated heterocycles. The summed E-state index contributed by atoms with van der Waals surface area (Å²) in [5.41, 5.74) is 0.628. The second kappa shape index (κ2) is 4.89. The largest absolute Gasteiger partial charge is 0.450 e. The van der Waals surface area contributed by atoms with Gasteiger partial charge in [-0.1, -0.05) is 0 Å². The van der Waals surface area contributed by atoms with Crippen LogP contribution in [0.1, 0.15) is 5.01 Å². The summed E-state index contributed by atoms with van der Waals surface area (Å²) >= 11 is 2.67. The Bertz CT molecular complexity index is 591. The van der Waals surface area contributed by atoms with Crippen LogP contribution in [-0.4, -0.2) is 23.2 Å². The SMILES string of the molecule is CSc1ccc2nc(CC(=O)C(F)(F)F)sc2c1. The number of halogens is 3. The lowest BCUT2D eigenvalue weighted by molar-refractivity contribution is -0.170. The van der Waals surface area contributed by atoms with Crippen molar-refractivity contribution in [3.8, 4) is 0 Å². The summed E-state index contributed by atoms with van der Waals surface area (Å²) < 4.78 is 37.2. The van der Waals surface area contributed by atoms with Gasteiger partial charge in [-0.05, 0) is 24.5 Å². The number of nitrogens with zero attached hydrogens (tertiary/aromatic N) is 1. The molecule has 2 rings (SSSR count). The lowest BCUT2D eigenvalue weighted by Crippen LogP contribution is -2.24. The molecule has 0 radical (unpaired) electrons. The average molecular weight is 291 g/mol. The molecule has 0 bridgehead atoms. The number of fused-ring (bicyclic) bond motifs is 1. The number of ketones is 1. The van der Waals surface area contributed by atoms with E-state index in [1.165, 1.54) is 0 Å². The Morgan fingerprint density at radius 2 is 2.17 bits per heavy atom. The normalized spacial score (nSPS) is 12.0. The van der Waals surface area contributed by atoms with Gasteiger partial charge in [0.2, 0.25) is 5.78 Å². The first-order chi connectivity index (χ1) is 8.40. The van der Waals surface area contributed by atoms with Crippen LogP contribution in [0, 0.1) is 0 Å². The van der Waals surface area contributed by atoms with Crippen LogP contribution in [0.2, 0.25) is 0 Å². The Morgan fingerprint density at radius 1 is 1.44 bits per heavy atom. The van der Waals surface area contributed by atoms with Gasteiger partial charge in [-0.15, -0.1) is 23.1 Å². The molecule has 0 unspecified atom stereocenters. The predicted molar refractivity (Wildman–Crippen MR) is 66.2 cm³/mol. The van der Waals surface area contributed by atoms with Gasteiger partial charge >= 0.3 is 6.18 Å². The van der Waals surface area contributed by atoms with Crippen LogP contribution < -0.4 is 0 Å². The van der Waals surface area contributed by atoms with E-state index in [4.69, 9.17) is 0 Å². The summed E-state index contributed by atoms with van der Waals surface area (Å²) in [5.74, 6) is -1.76. The fourth-order valence-electron chi connectivity index (χ4n) is 1.39. The van der Waals surface area contributed by atoms with E-state index in [-0.39, 0.29) is 5.01 Å². The van der Waals surface area contributed by atoms with Crippen LogP contribution in [-0.2, 0) is 11.2 Å². The molecule has 0 fully saturated rings. The van der Waals surface area contributed by atoms with Crippen molar-refractivity contribution in [2.45, 2.75) is 17.5 Å². The molecule has 0 aliphatic heterocycles. The molecule has 18 heavy (non-hydrogen) atoms. The molecule has 0 saturated carbocycles. The molecule has 7 heteroatoms. The minimum Gasteiger partial charge on any atom is -0.289 e. The maximum atomic E-state index is 12.1. The van der Waals surface area contributed by atoms with Crippen molar-refractivity contribution >= 4 is 39.1 Å². The number of Topliss-reactive ketones (excluding diaryl/α,β-unsaturated/α-hetero) is 1. The summed E-state index contributed by atoms with van der Waals surface area (Å²) in [6, 6.07) is 5.46. The molecule has 0 spiro atoms. The Labute approximate surface area is 109 Å². The molecule has 0 aliphatic rings. The molecule has 2 aromatic rings. The lowest BCUT2D eigenvalue weighted by Gasteiger charge is -2.01. The Kier molecular flexibility index (Phi) is 3.63. The van der Waals surface area contributed by atoms with E-state index in [9.17, 15) is 18.0 Å². The Hall–Kier alpha value is -1.08. The first kappa shape index (κ1) is 13.4. The van der Waals surface area contributed by atoms with Gasteiger partial charge in [0.05, 0.1) is 16.6 Å². The molecule has 0 aliphatic carbocycles. The van der Waals surface area contributed by atoms with E-state index in [0.29, 0.717) is 5.52 Å². The molecule has 0 atom stereocenters. The quantitative estimate of drug-likeness (QED) is 0.808. The molecular weight excluding hydrogens is 283 g/mol. The van der Waals surface area contributed by atoms with Gasteiger partial charge in [0, 0.05) is 4.90 Å². The molecule has 1 heterocycles. The summed E-state index contributed by atoms with van der Waals surface area (Å²) in [6.07, 6.45) is -3.56. The van der Waals surface area contributed by atoms with E-state index in [0.717, 1.165) is 20.9 Å². The standard InChI is InChI=1S/C11H8F3NOS2/c1-17-6-2-3-7-8(4-6)18-10(15-7)5-9(16)11(12,13)14/h2-4H,5H2,1H3. The summed E-state index contributed by atoms with van der Waals surface area (Å²) in [4.78, 5) is 15.9. The Morgan fingerprint density at radius 3 is 2.78 bits per heavy atom. The molecule has 2 nitrogen and oxygen atoms in total. The second-order valence-electron chi connectivity index (χ2n) is 3.54. The van der Waals surface area contributed by atoms with Crippen molar-refractivity contribution in [1.82, 2.24) is 4.98 Å². The minimum absolute atomic E-state index is 0.200. The third-order valence-electron chi connectivity index (χ3n) is 2.27. The van der Waals surface area contributed by atoms with E-state index >= 15 is 0 Å². The molecular formula is C11H8F3NOS2. The van der Waals surface area contributed by atoms with Crippen LogP contribution in [0.15, 0.2) is 23.1 Å². The average Bonchev–Trinajstić information content (AvgIpc) is 2.68. The second-order valence-corrected chi connectivity index (χ2v) is 5.53. The molecule has 0 N–H and O–H groups in total. The van der Waals surface area contributed by atoms with Crippen molar-refractivity contribution in [1.29, 1.82) is 0 Å². The number of benzene rings is 1. The van der Waals surface area contributed by atoms with E-state index in [1.807, 2.05) is 18.4 Å². The zero-order valence-electron chi connectivity index (χ0n) is 9.25. The third kappa shape index (κ3) is 2.84. The van der Waals surface area contributed by atoms with E-state index in [1.54, 1.807) is 17.8 Å². The van der Waals surface area contributed by atoms with Crippen LogP contribution >= 0.6 is 23.1 Å². The first-order valence-electron chi connectivity index (χ1n) is 4.93. The van der Waals surface area contributed by atoms with Gasteiger partial charge in [-0.2, -0.15) is 13.2 Å². The maximum absolute atomic E-state index is 12.1. The first-order valence-corrected chi connectivity index (χ1v) is 6.98. The van der Waals surface area contributed by atoms with E-state index < -0.39 is 18.4 Å². The topological polar surface area (TPSA) is 30.0 Å². The van der Waals surface area contributed by atoms with Gasteiger partial charge in [0.1, 0.15) is 5.01 Å². The number of alkyl halides is 3. The highest BCUT2D eigenvalue weighted by Crippen LogP contribution is 2.28. The number of rotatable bonds is 3. The van der Waals surface area contributed by atoms with Crippen LogP contribution in [0.3, 0.4) is 0 Å². The minimum atomic E-state index is -4.79. The highest BCUT2D eigenvalue weighted by atomic mass is 32.2. The molecule has 0 amide bonds. The zero-order chi connectivity index (χ0) is 13.3. The summed E-state index contributed by atoms with van der Waals surface area (Å²) in [5, 5.41) is 0.200.